The quantitative estimate of drug-likeness (QED) is 0.191. The first-order valence-electron chi connectivity index (χ1n) is 13.1. The molecule has 42 heavy (non-hydrogen) atoms. The van der Waals surface area contributed by atoms with Crippen LogP contribution in [0.1, 0.15) is 42.6 Å². The van der Waals surface area contributed by atoms with Gasteiger partial charge in [0, 0.05) is 23.2 Å². The number of nitrogens with two attached hydrogens (primary N) is 1. The Morgan fingerprint density at radius 2 is 1.79 bits per heavy atom. The molecule has 0 radical (unpaired) electrons. The van der Waals surface area contributed by atoms with Gasteiger partial charge in [0.1, 0.15) is 23.2 Å². The zero-order valence-corrected chi connectivity index (χ0v) is 24.8. The van der Waals surface area contributed by atoms with Crippen molar-refractivity contribution in [2.75, 3.05) is 24.2 Å². The molecule has 2 aromatic carbocycles. The molecule has 0 aliphatic heterocycles. The first-order valence-corrected chi connectivity index (χ1v) is 15.0. The second kappa shape index (κ2) is 13.2. The zero-order valence-electron chi connectivity index (χ0n) is 23.3. The average Bonchev–Trinajstić information content (AvgIpc) is 2.94. The van der Waals surface area contributed by atoms with Gasteiger partial charge >= 0.3 is 0 Å². The van der Waals surface area contributed by atoms with Crippen LogP contribution in [0, 0.1) is 11.7 Å². The monoisotopic (exact) mass is 611 g/mol. The van der Waals surface area contributed by atoms with E-state index in [0.717, 1.165) is 5.56 Å². The summed E-state index contributed by atoms with van der Waals surface area (Å²) in [6, 6.07) is 18.6. The van der Waals surface area contributed by atoms with Crippen molar-refractivity contribution in [3.8, 4) is 17.0 Å². The third-order valence-electron chi connectivity index (χ3n) is 6.13. The summed E-state index contributed by atoms with van der Waals surface area (Å²) in [6.45, 7) is 6.66. The van der Waals surface area contributed by atoms with Gasteiger partial charge in [-0.05, 0) is 65.9 Å². The van der Waals surface area contributed by atoms with E-state index in [-0.39, 0.29) is 29.0 Å². The van der Waals surface area contributed by atoms with Crippen LogP contribution in [0.15, 0.2) is 77.8 Å². The molecule has 0 saturated carbocycles. The van der Waals surface area contributed by atoms with Gasteiger partial charge in [0.15, 0.2) is 5.03 Å². The van der Waals surface area contributed by atoms with Gasteiger partial charge in [0.25, 0.3) is 15.9 Å². The molecule has 4 rings (SSSR count). The Balaban J connectivity index is 1.68. The fraction of sp³-hybridized carbons (Fsp3) is 0.233. The van der Waals surface area contributed by atoms with E-state index in [2.05, 4.69) is 15.3 Å². The number of pyridine rings is 2. The van der Waals surface area contributed by atoms with Gasteiger partial charge in [-0.2, -0.15) is 8.42 Å². The Morgan fingerprint density at radius 3 is 2.50 bits per heavy atom. The predicted molar refractivity (Wildman–Crippen MR) is 162 cm³/mol. The second-order valence-corrected chi connectivity index (χ2v) is 12.2. The van der Waals surface area contributed by atoms with Crippen molar-refractivity contribution in [1.82, 2.24) is 14.7 Å². The number of anilines is 2. The molecule has 220 valence electrons. The summed E-state index contributed by atoms with van der Waals surface area (Å²) < 4.78 is 48.0. The summed E-state index contributed by atoms with van der Waals surface area (Å²) in [7, 11) is -4.34. The lowest BCUT2D eigenvalue weighted by molar-refractivity contribution is 0.0981. The maximum Gasteiger partial charge on any atom is 0.281 e. The lowest BCUT2D eigenvalue weighted by atomic mass is 10.0. The van der Waals surface area contributed by atoms with Crippen molar-refractivity contribution in [2.24, 2.45) is 5.92 Å². The van der Waals surface area contributed by atoms with E-state index in [0.29, 0.717) is 35.2 Å². The third kappa shape index (κ3) is 7.95. The van der Waals surface area contributed by atoms with Gasteiger partial charge in [-0.25, -0.2) is 19.1 Å². The molecule has 0 aliphatic carbocycles. The third-order valence-corrected chi connectivity index (χ3v) is 7.60. The number of nitrogens with zero attached hydrogens (tertiary/aromatic N) is 2. The molecule has 0 fully saturated rings. The molecule has 2 aromatic heterocycles. The molecule has 0 bridgehead atoms. The number of sulfonamides is 1. The van der Waals surface area contributed by atoms with Gasteiger partial charge < -0.3 is 15.8 Å². The minimum atomic E-state index is -4.34. The molecule has 12 heteroatoms. The lowest BCUT2D eigenvalue weighted by Crippen LogP contribution is -2.32. The van der Waals surface area contributed by atoms with Crippen LogP contribution in [-0.4, -0.2) is 37.4 Å². The standard InChI is InChI=1S/C30H31ClFN5O4S/c1-18(2)17-41-24-14-21(13-23(32)15-24)26-11-10-25(30(38)37-42(39,40)28-9-5-8-27(33)36-28)29(35-26)34-16-19(3)20-6-4-7-22(31)12-20/h4-15,18-19H,16-17H2,1-3H3,(H2,33,36)(H,34,35)(H,37,38). The van der Waals surface area contributed by atoms with Gasteiger partial charge in [0.2, 0.25) is 0 Å². The number of aromatic nitrogens is 2. The fourth-order valence-corrected chi connectivity index (χ4v) is 5.13. The molecular formula is C30H31ClFN5O4S. The van der Waals surface area contributed by atoms with E-state index in [1.54, 1.807) is 12.1 Å². The fourth-order valence-electron chi connectivity index (χ4n) is 3.99. The van der Waals surface area contributed by atoms with Gasteiger partial charge in [0.05, 0.1) is 17.9 Å². The number of rotatable bonds is 11. The molecule has 4 N–H and O–H groups in total. The maximum absolute atomic E-state index is 14.5. The number of hydrogen-bond acceptors (Lipinski definition) is 8. The Hall–Kier alpha value is -4.22. The summed E-state index contributed by atoms with van der Waals surface area (Å²) in [5.41, 5.74) is 7.29. The van der Waals surface area contributed by atoms with E-state index in [1.807, 2.05) is 43.7 Å². The Morgan fingerprint density at radius 1 is 1.02 bits per heavy atom. The molecule has 1 amide bonds. The summed E-state index contributed by atoms with van der Waals surface area (Å²) >= 11 is 6.15. The second-order valence-electron chi connectivity index (χ2n) is 10.1. The SMILES string of the molecule is CC(C)COc1cc(F)cc(-c2ccc(C(=O)NS(=O)(=O)c3cccc(N)n3)c(NCC(C)c3cccc(Cl)c3)n2)c1. The molecule has 0 spiro atoms. The Labute approximate surface area is 249 Å². The van der Waals surface area contributed by atoms with Crippen molar-refractivity contribution < 1.29 is 22.3 Å². The van der Waals surface area contributed by atoms with Crippen molar-refractivity contribution in [3.63, 3.8) is 0 Å². The summed E-state index contributed by atoms with van der Waals surface area (Å²) in [6.07, 6.45) is 0. The lowest BCUT2D eigenvalue weighted by Gasteiger charge is -2.17. The molecule has 0 saturated heterocycles. The molecule has 4 aromatic rings. The number of hydrogen-bond donors (Lipinski definition) is 3. The van der Waals surface area contributed by atoms with E-state index in [9.17, 15) is 17.6 Å². The molecule has 1 unspecified atom stereocenters. The molecular weight excluding hydrogens is 581 g/mol. The van der Waals surface area contributed by atoms with E-state index >= 15 is 0 Å². The molecule has 1 atom stereocenters. The van der Waals surface area contributed by atoms with Gasteiger partial charge in [-0.3, -0.25) is 4.79 Å². The van der Waals surface area contributed by atoms with Gasteiger partial charge in [-0.15, -0.1) is 0 Å². The minimum absolute atomic E-state index is 0.0134. The van der Waals surface area contributed by atoms with Crippen molar-refractivity contribution in [1.29, 1.82) is 0 Å². The highest BCUT2D eigenvalue weighted by Crippen LogP contribution is 2.28. The molecule has 9 nitrogen and oxygen atoms in total. The van der Waals surface area contributed by atoms with Crippen molar-refractivity contribution in [3.05, 3.63) is 94.8 Å². The number of carbonyl (C=O) groups excluding carboxylic acids is 1. The number of halogens is 2. The highest BCUT2D eigenvalue weighted by Gasteiger charge is 2.24. The Kier molecular flexibility index (Phi) is 9.64. The number of nitrogen functional groups attached to an aromatic ring is 1. The number of benzene rings is 2. The maximum atomic E-state index is 14.5. The number of nitrogens with one attached hydrogen (secondary N) is 2. The average molecular weight is 612 g/mol. The van der Waals surface area contributed by atoms with Crippen LogP contribution in [0.2, 0.25) is 5.02 Å². The van der Waals surface area contributed by atoms with Crippen LogP contribution in [-0.2, 0) is 10.0 Å². The summed E-state index contributed by atoms with van der Waals surface area (Å²) in [4.78, 5) is 21.7. The molecule has 0 aliphatic rings. The number of ether oxygens (including phenoxy) is 1. The van der Waals surface area contributed by atoms with E-state index in [4.69, 9.17) is 22.1 Å². The van der Waals surface area contributed by atoms with Crippen LogP contribution < -0.4 is 20.5 Å². The molecule has 2 heterocycles. The Bertz CT molecular complexity index is 1700. The van der Waals surface area contributed by atoms with Gasteiger partial charge in [-0.1, -0.05) is 50.6 Å². The highest BCUT2D eigenvalue weighted by molar-refractivity contribution is 7.90. The normalized spacial score (nSPS) is 12.1. The zero-order chi connectivity index (χ0) is 30.4. The van der Waals surface area contributed by atoms with Crippen molar-refractivity contribution in [2.45, 2.75) is 31.7 Å². The first kappa shape index (κ1) is 30.7. The van der Waals surface area contributed by atoms with Crippen LogP contribution >= 0.6 is 11.6 Å². The largest absolute Gasteiger partial charge is 0.493 e. The van der Waals surface area contributed by atoms with E-state index in [1.165, 1.54) is 42.5 Å². The summed E-state index contributed by atoms with van der Waals surface area (Å²) in [5.74, 6) is -0.841. The smallest absolute Gasteiger partial charge is 0.281 e. The van der Waals surface area contributed by atoms with Crippen LogP contribution in [0.5, 0.6) is 5.75 Å². The number of carbonyl (C=O) groups is 1. The first-order chi connectivity index (χ1) is 19.9. The number of amides is 1. The van der Waals surface area contributed by atoms with Crippen LogP contribution in [0.25, 0.3) is 11.3 Å². The highest BCUT2D eigenvalue weighted by atomic mass is 35.5. The summed E-state index contributed by atoms with van der Waals surface area (Å²) in [5, 5.41) is 3.34. The van der Waals surface area contributed by atoms with Crippen LogP contribution in [0.4, 0.5) is 16.0 Å². The van der Waals surface area contributed by atoms with Crippen molar-refractivity contribution >= 4 is 39.2 Å². The predicted octanol–water partition coefficient (Wildman–Crippen LogP) is 5.89. The topological polar surface area (TPSA) is 136 Å². The minimum Gasteiger partial charge on any atom is -0.493 e. The van der Waals surface area contributed by atoms with E-state index < -0.39 is 26.8 Å². The van der Waals surface area contributed by atoms with Crippen LogP contribution in [0.3, 0.4) is 0 Å².